The highest BCUT2D eigenvalue weighted by atomic mass is 16.5. The predicted octanol–water partition coefficient (Wildman–Crippen LogP) is 2.27. The number of amides is 2. The predicted molar refractivity (Wildman–Crippen MR) is 89.2 cm³/mol. The molecule has 2 amide bonds. The van der Waals surface area contributed by atoms with E-state index < -0.39 is 0 Å². The fourth-order valence-electron chi connectivity index (χ4n) is 2.70. The van der Waals surface area contributed by atoms with Crippen molar-refractivity contribution in [3.05, 3.63) is 35.9 Å². The van der Waals surface area contributed by atoms with Gasteiger partial charge in [-0.2, -0.15) is 0 Å². The lowest BCUT2D eigenvalue weighted by atomic mass is 9.98. The minimum Gasteiger partial charge on any atom is -0.378 e. The molecule has 1 aromatic rings. The molecular formula is C18H26N2O3. The van der Waals surface area contributed by atoms with Crippen LogP contribution in [0.1, 0.15) is 48.9 Å². The summed E-state index contributed by atoms with van der Waals surface area (Å²) in [6.07, 6.45) is 7.39. The van der Waals surface area contributed by atoms with Gasteiger partial charge in [-0.05, 0) is 31.4 Å². The summed E-state index contributed by atoms with van der Waals surface area (Å²) in [5, 5.41) is 5.40. The van der Waals surface area contributed by atoms with Crippen LogP contribution in [0.15, 0.2) is 30.3 Å². The molecule has 23 heavy (non-hydrogen) atoms. The second kappa shape index (κ2) is 10.0. The molecule has 5 heteroatoms. The van der Waals surface area contributed by atoms with Crippen LogP contribution in [0.3, 0.4) is 0 Å². The molecule has 126 valence electrons. The van der Waals surface area contributed by atoms with E-state index in [-0.39, 0.29) is 18.4 Å². The smallest absolute Gasteiger partial charge is 0.251 e. The van der Waals surface area contributed by atoms with Crippen molar-refractivity contribution in [3.8, 4) is 0 Å². The Hall–Kier alpha value is -1.88. The van der Waals surface area contributed by atoms with Crippen molar-refractivity contribution in [3.63, 3.8) is 0 Å². The van der Waals surface area contributed by atoms with Crippen LogP contribution in [0, 0.1) is 0 Å². The van der Waals surface area contributed by atoms with Crippen molar-refractivity contribution >= 4 is 11.8 Å². The molecule has 1 aromatic carbocycles. The number of hydrogen-bond donors (Lipinski definition) is 2. The summed E-state index contributed by atoms with van der Waals surface area (Å²) in [4.78, 5) is 23.5. The van der Waals surface area contributed by atoms with E-state index in [1.807, 2.05) is 6.07 Å². The van der Waals surface area contributed by atoms with Gasteiger partial charge in [0, 0.05) is 18.7 Å². The van der Waals surface area contributed by atoms with Crippen LogP contribution >= 0.6 is 0 Å². The van der Waals surface area contributed by atoms with Gasteiger partial charge in [0.1, 0.15) is 0 Å². The SMILES string of the molecule is O=C(CNC(=O)c1ccccc1)NCCCOC1CCCCC1. The molecule has 5 nitrogen and oxygen atoms in total. The topological polar surface area (TPSA) is 67.4 Å². The molecule has 2 N–H and O–H groups in total. The highest BCUT2D eigenvalue weighted by Crippen LogP contribution is 2.20. The fraction of sp³-hybridized carbons (Fsp3) is 0.556. The van der Waals surface area contributed by atoms with Crippen molar-refractivity contribution in [2.45, 2.75) is 44.6 Å². The molecule has 1 aliphatic rings. The normalized spacial score (nSPS) is 15.1. The monoisotopic (exact) mass is 318 g/mol. The zero-order valence-corrected chi connectivity index (χ0v) is 13.6. The second-order valence-electron chi connectivity index (χ2n) is 5.88. The van der Waals surface area contributed by atoms with E-state index in [0.29, 0.717) is 24.8 Å². The molecule has 1 aliphatic carbocycles. The highest BCUT2D eigenvalue weighted by Gasteiger charge is 2.13. The van der Waals surface area contributed by atoms with E-state index in [0.717, 1.165) is 19.3 Å². The first-order valence-electron chi connectivity index (χ1n) is 8.47. The first kappa shape index (κ1) is 17.5. The van der Waals surface area contributed by atoms with E-state index in [1.54, 1.807) is 24.3 Å². The van der Waals surface area contributed by atoms with E-state index in [2.05, 4.69) is 10.6 Å². The Kier molecular flexibility index (Phi) is 7.60. The molecule has 2 rings (SSSR count). The van der Waals surface area contributed by atoms with Crippen LogP contribution in [0.2, 0.25) is 0 Å². The molecule has 0 spiro atoms. The largest absolute Gasteiger partial charge is 0.378 e. The number of rotatable bonds is 8. The molecule has 0 saturated heterocycles. The summed E-state index contributed by atoms with van der Waals surface area (Å²) < 4.78 is 5.80. The fourth-order valence-corrected chi connectivity index (χ4v) is 2.70. The van der Waals surface area contributed by atoms with Crippen LogP contribution in [0.4, 0.5) is 0 Å². The van der Waals surface area contributed by atoms with Crippen molar-refractivity contribution in [1.82, 2.24) is 10.6 Å². The third-order valence-corrected chi connectivity index (χ3v) is 3.99. The van der Waals surface area contributed by atoms with Crippen molar-refractivity contribution < 1.29 is 14.3 Å². The van der Waals surface area contributed by atoms with Gasteiger partial charge in [0.25, 0.3) is 5.91 Å². The molecule has 1 saturated carbocycles. The Morgan fingerprint density at radius 3 is 2.52 bits per heavy atom. The van der Waals surface area contributed by atoms with E-state index in [9.17, 15) is 9.59 Å². The van der Waals surface area contributed by atoms with Gasteiger partial charge in [-0.3, -0.25) is 9.59 Å². The van der Waals surface area contributed by atoms with Crippen LogP contribution < -0.4 is 10.6 Å². The highest BCUT2D eigenvalue weighted by molar-refractivity contribution is 5.96. The maximum atomic E-state index is 11.8. The first-order valence-corrected chi connectivity index (χ1v) is 8.47. The van der Waals surface area contributed by atoms with Gasteiger partial charge in [-0.25, -0.2) is 0 Å². The maximum Gasteiger partial charge on any atom is 0.251 e. The van der Waals surface area contributed by atoms with Crippen LogP contribution in [-0.2, 0) is 9.53 Å². The van der Waals surface area contributed by atoms with Crippen LogP contribution in [0.5, 0.6) is 0 Å². The number of ether oxygens (including phenoxy) is 1. The number of nitrogens with one attached hydrogen (secondary N) is 2. The maximum absolute atomic E-state index is 11.8. The zero-order chi connectivity index (χ0) is 16.3. The van der Waals surface area contributed by atoms with Crippen molar-refractivity contribution in [2.24, 2.45) is 0 Å². The minimum atomic E-state index is -0.235. The third kappa shape index (κ3) is 6.82. The Labute approximate surface area is 137 Å². The van der Waals surface area contributed by atoms with Gasteiger partial charge in [0.15, 0.2) is 0 Å². The summed E-state index contributed by atoms with van der Waals surface area (Å²) in [5.41, 5.74) is 0.557. The lowest BCUT2D eigenvalue weighted by Gasteiger charge is -2.21. The Morgan fingerprint density at radius 1 is 1.04 bits per heavy atom. The summed E-state index contributed by atoms with van der Waals surface area (Å²) in [6, 6.07) is 8.87. The van der Waals surface area contributed by atoms with Gasteiger partial charge in [0.05, 0.1) is 12.6 Å². The van der Waals surface area contributed by atoms with Gasteiger partial charge in [0.2, 0.25) is 5.91 Å². The van der Waals surface area contributed by atoms with Gasteiger partial charge in [-0.1, -0.05) is 37.5 Å². The van der Waals surface area contributed by atoms with Crippen LogP contribution in [-0.4, -0.2) is 37.6 Å². The number of carbonyl (C=O) groups is 2. The summed E-state index contributed by atoms with van der Waals surface area (Å²) in [6.45, 7) is 1.26. The molecule has 0 radical (unpaired) electrons. The number of carbonyl (C=O) groups excluding carboxylic acids is 2. The number of benzene rings is 1. The molecule has 0 aromatic heterocycles. The average Bonchev–Trinajstić information content (AvgIpc) is 2.61. The second-order valence-corrected chi connectivity index (χ2v) is 5.88. The van der Waals surface area contributed by atoms with Gasteiger partial charge in [-0.15, -0.1) is 0 Å². The molecule has 0 aliphatic heterocycles. The van der Waals surface area contributed by atoms with Gasteiger partial charge < -0.3 is 15.4 Å². The molecule has 0 bridgehead atoms. The average molecular weight is 318 g/mol. The quantitative estimate of drug-likeness (QED) is 0.723. The molecular weight excluding hydrogens is 292 g/mol. The molecule has 0 unspecified atom stereocenters. The lowest BCUT2D eigenvalue weighted by molar-refractivity contribution is -0.120. The Morgan fingerprint density at radius 2 is 1.78 bits per heavy atom. The van der Waals surface area contributed by atoms with E-state index >= 15 is 0 Å². The third-order valence-electron chi connectivity index (χ3n) is 3.99. The molecule has 0 heterocycles. The van der Waals surface area contributed by atoms with Crippen molar-refractivity contribution in [1.29, 1.82) is 0 Å². The zero-order valence-electron chi connectivity index (χ0n) is 13.6. The van der Waals surface area contributed by atoms with E-state index in [4.69, 9.17) is 4.74 Å². The summed E-state index contributed by atoms with van der Waals surface area (Å²) >= 11 is 0. The standard InChI is InChI=1S/C18H26N2O3/c21-17(14-20-18(22)15-8-3-1-4-9-15)19-12-7-13-23-16-10-5-2-6-11-16/h1,3-4,8-9,16H,2,5-7,10-14H2,(H,19,21)(H,20,22). The van der Waals surface area contributed by atoms with Crippen LogP contribution in [0.25, 0.3) is 0 Å². The Balaban J connectivity index is 1.50. The Bertz CT molecular complexity index is 484. The molecule has 1 fully saturated rings. The lowest BCUT2D eigenvalue weighted by Crippen LogP contribution is -2.37. The first-order chi connectivity index (χ1) is 11.3. The summed E-state index contributed by atoms with van der Waals surface area (Å²) in [7, 11) is 0. The van der Waals surface area contributed by atoms with E-state index in [1.165, 1.54) is 19.3 Å². The molecule has 0 atom stereocenters. The number of hydrogen-bond acceptors (Lipinski definition) is 3. The van der Waals surface area contributed by atoms with Crippen molar-refractivity contribution in [2.75, 3.05) is 19.7 Å². The minimum absolute atomic E-state index is 0.00277. The van der Waals surface area contributed by atoms with Gasteiger partial charge >= 0.3 is 0 Å². The summed E-state index contributed by atoms with van der Waals surface area (Å²) in [5.74, 6) is -0.409.